The summed E-state index contributed by atoms with van der Waals surface area (Å²) in [5.41, 5.74) is 4.37. The van der Waals surface area contributed by atoms with Crippen LogP contribution in [0.5, 0.6) is 0 Å². The average Bonchev–Trinajstić information content (AvgIpc) is 2.40. The Bertz CT molecular complexity index is 502. The third-order valence-corrected chi connectivity index (χ3v) is 2.44. The molecule has 0 heterocycles. The summed E-state index contributed by atoms with van der Waals surface area (Å²) in [6, 6.07) is 13.4. The molecule has 18 heavy (non-hydrogen) atoms. The molecule has 2 aromatic carbocycles. The third kappa shape index (κ3) is 3.61. The highest BCUT2D eigenvalue weighted by Crippen LogP contribution is 2.08. The van der Waals surface area contributed by atoms with Crippen molar-refractivity contribution in [3.8, 4) is 0 Å². The molecule has 0 bridgehead atoms. The van der Waals surface area contributed by atoms with Gasteiger partial charge in [0.25, 0.3) is 0 Å². The smallest absolute Gasteiger partial charge is 0.159 e. The second-order valence-corrected chi connectivity index (χ2v) is 3.84. The molecule has 0 aromatic heterocycles. The monoisotopic (exact) mass is 249 g/mol. The molecule has 94 valence electrons. The van der Waals surface area contributed by atoms with E-state index in [9.17, 15) is 8.78 Å². The van der Waals surface area contributed by atoms with Gasteiger partial charge in [-0.2, -0.15) is 5.48 Å². The van der Waals surface area contributed by atoms with Crippen molar-refractivity contribution < 1.29 is 13.6 Å². The van der Waals surface area contributed by atoms with E-state index in [1.54, 1.807) is 0 Å². The molecule has 0 aliphatic heterocycles. The van der Waals surface area contributed by atoms with Gasteiger partial charge in [0.15, 0.2) is 11.6 Å². The fourth-order valence-electron chi connectivity index (χ4n) is 1.49. The van der Waals surface area contributed by atoms with Crippen LogP contribution in [0.25, 0.3) is 0 Å². The van der Waals surface area contributed by atoms with Crippen molar-refractivity contribution in [3.63, 3.8) is 0 Å². The summed E-state index contributed by atoms with van der Waals surface area (Å²) < 4.78 is 25.6. The molecule has 0 unspecified atom stereocenters. The van der Waals surface area contributed by atoms with Gasteiger partial charge in [-0.1, -0.05) is 36.4 Å². The van der Waals surface area contributed by atoms with E-state index >= 15 is 0 Å². The van der Waals surface area contributed by atoms with Crippen LogP contribution >= 0.6 is 0 Å². The molecular weight excluding hydrogens is 236 g/mol. The predicted octanol–water partition coefficient (Wildman–Crippen LogP) is 3.19. The van der Waals surface area contributed by atoms with Gasteiger partial charge in [0.05, 0.1) is 6.61 Å². The zero-order chi connectivity index (χ0) is 12.8. The Kier molecular flexibility index (Phi) is 4.39. The number of hydrogen-bond acceptors (Lipinski definition) is 2. The van der Waals surface area contributed by atoms with Crippen molar-refractivity contribution in [2.24, 2.45) is 0 Å². The number of hydrogen-bond donors (Lipinski definition) is 1. The van der Waals surface area contributed by atoms with Crippen molar-refractivity contribution in [2.45, 2.75) is 13.2 Å². The fourth-order valence-corrected chi connectivity index (χ4v) is 1.49. The Hall–Kier alpha value is -1.78. The van der Waals surface area contributed by atoms with Crippen molar-refractivity contribution in [1.29, 1.82) is 0 Å². The van der Waals surface area contributed by atoms with Crippen LogP contribution in [0.3, 0.4) is 0 Å². The van der Waals surface area contributed by atoms with Crippen LogP contribution in [0.2, 0.25) is 0 Å². The normalized spacial score (nSPS) is 10.6. The molecule has 0 saturated heterocycles. The van der Waals surface area contributed by atoms with Crippen LogP contribution in [0.1, 0.15) is 11.1 Å². The molecule has 1 N–H and O–H groups in total. The summed E-state index contributed by atoms with van der Waals surface area (Å²) in [7, 11) is 0. The summed E-state index contributed by atoms with van der Waals surface area (Å²) in [6.45, 7) is 0.745. The Morgan fingerprint density at radius 1 is 0.889 bits per heavy atom. The summed E-state index contributed by atoms with van der Waals surface area (Å²) in [6.07, 6.45) is 0. The molecule has 2 aromatic rings. The first-order chi connectivity index (χ1) is 8.75. The van der Waals surface area contributed by atoms with E-state index < -0.39 is 11.6 Å². The van der Waals surface area contributed by atoms with E-state index in [0.717, 1.165) is 17.7 Å². The maximum absolute atomic E-state index is 12.9. The molecule has 0 atom stereocenters. The van der Waals surface area contributed by atoms with Gasteiger partial charge >= 0.3 is 0 Å². The van der Waals surface area contributed by atoms with Gasteiger partial charge in [0.1, 0.15) is 0 Å². The zero-order valence-corrected chi connectivity index (χ0v) is 9.70. The molecule has 0 aliphatic rings. The van der Waals surface area contributed by atoms with E-state index in [1.165, 1.54) is 6.07 Å². The van der Waals surface area contributed by atoms with Crippen molar-refractivity contribution in [3.05, 3.63) is 71.3 Å². The minimum absolute atomic E-state index is 0.323. The molecule has 0 saturated carbocycles. The lowest BCUT2D eigenvalue weighted by atomic mass is 10.2. The first kappa shape index (κ1) is 12.7. The third-order valence-electron chi connectivity index (χ3n) is 2.44. The number of nitrogens with one attached hydrogen (secondary N) is 1. The van der Waals surface area contributed by atoms with E-state index in [4.69, 9.17) is 4.84 Å². The van der Waals surface area contributed by atoms with Gasteiger partial charge in [0, 0.05) is 6.54 Å². The minimum atomic E-state index is -0.850. The number of hydroxylamine groups is 1. The molecule has 0 fully saturated rings. The largest absolute Gasteiger partial charge is 0.297 e. The van der Waals surface area contributed by atoms with Gasteiger partial charge in [-0.05, 0) is 23.3 Å². The quantitative estimate of drug-likeness (QED) is 0.649. The van der Waals surface area contributed by atoms with E-state index in [2.05, 4.69) is 5.48 Å². The van der Waals surface area contributed by atoms with Crippen molar-refractivity contribution in [1.82, 2.24) is 5.48 Å². The van der Waals surface area contributed by atoms with E-state index in [1.807, 2.05) is 30.3 Å². The summed E-state index contributed by atoms with van der Waals surface area (Å²) in [5, 5.41) is 0. The van der Waals surface area contributed by atoms with Gasteiger partial charge < -0.3 is 0 Å². The lowest BCUT2D eigenvalue weighted by Crippen LogP contribution is -2.14. The van der Waals surface area contributed by atoms with Crippen LogP contribution in [-0.2, 0) is 18.0 Å². The van der Waals surface area contributed by atoms with Crippen molar-refractivity contribution >= 4 is 0 Å². The second-order valence-electron chi connectivity index (χ2n) is 3.84. The Morgan fingerprint density at radius 2 is 1.67 bits per heavy atom. The Morgan fingerprint density at radius 3 is 2.39 bits per heavy atom. The standard InChI is InChI=1S/C14H13F2NO/c15-13-7-6-12(8-14(13)16)9-17-18-10-11-4-2-1-3-5-11/h1-8,17H,9-10H2. The first-order valence-corrected chi connectivity index (χ1v) is 5.58. The highest BCUT2D eigenvalue weighted by Gasteiger charge is 2.02. The van der Waals surface area contributed by atoms with Gasteiger partial charge in [-0.15, -0.1) is 0 Å². The lowest BCUT2D eigenvalue weighted by Gasteiger charge is -2.06. The summed E-state index contributed by atoms with van der Waals surface area (Å²) >= 11 is 0. The highest BCUT2D eigenvalue weighted by atomic mass is 19.2. The lowest BCUT2D eigenvalue weighted by molar-refractivity contribution is 0.0234. The van der Waals surface area contributed by atoms with Crippen LogP contribution in [-0.4, -0.2) is 0 Å². The molecule has 0 amide bonds. The SMILES string of the molecule is Fc1ccc(CNOCc2ccccc2)cc1F. The fraction of sp³-hybridized carbons (Fsp3) is 0.143. The first-order valence-electron chi connectivity index (χ1n) is 5.58. The molecule has 0 spiro atoms. The Labute approximate surface area is 104 Å². The Balaban J connectivity index is 1.77. The number of rotatable bonds is 5. The number of benzene rings is 2. The predicted molar refractivity (Wildman–Crippen MR) is 64.4 cm³/mol. The van der Waals surface area contributed by atoms with Crippen LogP contribution in [0.15, 0.2) is 48.5 Å². The van der Waals surface area contributed by atoms with E-state index in [0.29, 0.717) is 18.7 Å². The molecule has 2 nitrogen and oxygen atoms in total. The van der Waals surface area contributed by atoms with Gasteiger partial charge in [-0.3, -0.25) is 4.84 Å². The van der Waals surface area contributed by atoms with Gasteiger partial charge in [0.2, 0.25) is 0 Å². The van der Waals surface area contributed by atoms with E-state index in [-0.39, 0.29) is 0 Å². The highest BCUT2D eigenvalue weighted by molar-refractivity contribution is 5.17. The maximum Gasteiger partial charge on any atom is 0.159 e. The summed E-state index contributed by atoms with van der Waals surface area (Å²) in [5.74, 6) is -1.69. The number of halogens is 2. The van der Waals surface area contributed by atoms with Crippen LogP contribution in [0.4, 0.5) is 8.78 Å². The molecular formula is C14H13F2NO. The van der Waals surface area contributed by atoms with Crippen LogP contribution < -0.4 is 5.48 Å². The minimum Gasteiger partial charge on any atom is -0.297 e. The second kappa shape index (κ2) is 6.23. The molecule has 0 aliphatic carbocycles. The summed E-state index contributed by atoms with van der Waals surface area (Å²) in [4.78, 5) is 5.23. The topological polar surface area (TPSA) is 21.3 Å². The average molecular weight is 249 g/mol. The van der Waals surface area contributed by atoms with Crippen LogP contribution in [0, 0.1) is 11.6 Å². The molecule has 0 radical (unpaired) electrons. The molecule has 4 heteroatoms. The van der Waals surface area contributed by atoms with Crippen molar-refractivity contribution in [2.75, 3.05) is 0 Å². The zero-order valence-electron chi connectivity index (χ0n) is 9.70. The molecule has 2 rings (SSSR count). The maximum atomic E-state index is 12.9. The van der Waals surface area contributed by atoms with Gasteiger partial charge in [-0.25, -0.2) is 8.78 Å².